The maximum absolute atomic E-state index is 10.2. The van der Waals surface area contributed by atoms with Crippen molar-refractivity contribution in [2.75, 3.05) is 0 Å². The van der Waals surface area contributed by atoms with Gasteiger partial charge in [0, 0.05) is 5.56 Å². The molecule has 2 unspecified atom stereocenters. The molecule has 0 aromatic heterocycles. The lowest BCUT2D eigenvalue weighted by molar-refractivity contribution is 0.206. The highest BCUT2D eigenvalue weighted by Gasteiger charge is 2.40. The highest BCUT2D eigenvalue weighted by atomic mass is 28.4. The molecule has 0 saturated carbocycles. The van der Waals surface area contributed by atoms with Gasteiger partial charge >= 0.3 is 0 Å². The molecule has 3 nitrogen and oxygen atoms in total. The van der Waals surface area contributed by atoms with E-state index in [4.69, 9.17) is 4.43 Å². The molecule has 2 rings (SSSR count). The van der Waals surface area contributed by atoms with Gasteiger partial charge < -0.3 is 9.53 Å². The smallest absolute Gasteiger partial charge is 0.193 e. The summed E-state index contributed by atoms with van der Waals surface area (Å²) >= 11 is 0. The maximum Gasteiger partial charge on any atom is 0.193 e. The zero-order chi connectivity index (χ0) is 18.7. The Morgan fingerprint density at radius 2 is 1.48 bits per heavy atom. The van der Waals surface area contributed by atoms with Crippen molar-refractivity contribution in [3.05, 3.63) is 71.3 Å². The third-order valence-corrected chi connectivity index (χ3v) is 9.45. The Morgan fingerprint density at radius 3 is 2.00 bits per heavy atom. The van der Waals surface area contributed by atoms with Crippen molar-refractivity contribution >= 4 is 8.32 Å². The number of hydrogen-bond donors (Lipinski definition) is 1. The van der Waals surface area contributed by atoms with Crippen molar-refractivity contribution in [1.29, 1.82) is 5.26 Å². The molecule has 0 fully saturated rings. The molecule has 1 N–H and O–H groups in total. The Bertz CT molecular complexity index is 744. The molecule has 0 heterocycles. The largest absolute Gasteiger partial charge is 0.406 e. The van der Waals surface area contributed by atoms with E-state index in [9.17, 15) is 10.4 Å². The van der Waals surface area contributed by atoms with Crippen LogP contribution in [0.2, 0.25) is 18.1 Å². The van der Waals surface area contributed by atoms with Crippen LogP contribution in [0, 0.1) is 11.3 Å². The average Bonchev–Trinajstić information content (AvgIpc) is 2.59. The van der Waals surface area contributed by atoms with E-state index in [0.717, 1.165) is 11.1 Å². The lowest BCUT2D eigenvalue weighted by Gasteiger charge is -2.40. The molecule has 0 radical (unpaired) electrons. The van der Waals surface area contributed by atoms with E-state index in [2.05, 4.69) is 33.9 Å². The second-order valence-electron chi connectivity index (χ2n) is 7.83. The van der Waals surface area contributed by atoms with Crippen molar-refractivity contribution in [3.63, 3.8) is 0 Å². The summed E-state index contributed by atoms with van der Waals surface area (Å²) in [4.78, 5) is 0. The van der Waals surface area contributed by atoms with E-state index in [-0.39, 0.29) is 11.1 Å². The Labute approximate surface area is 152 Å². The van der Waals surface area contributed by atoms with Crippen LogP contribution >= 0.6 is 0 Å². The summed E-state index contributed by atoms with van der Waals surface area (Å²) in [5.41, 5.74) is 2.50. The van der Waals surface area contributed by atoms with Crippen molar-refractivity contribution in [2.45, 2.75) is 51.1 Å². The molecule has 2 atom stereocenters. The molecule has 0 aliphatic carbocycles. The summed E-state index contributed by atoms with van der Waals surface area (Å²) < 4.78 is 6.73. The molecule has 25 heavy (non-hydrogen) atoms. The molecule has 0 amide bonds. The number of hydrogen-bond acceptors (Lipinski definition) is 3. The molecular weight excluding hydrogens is 326 g/mol. The van der Waals surface area contributed by atoms with E-state index >= 15 is 0 Å². The van der Waals surface area contributed by atoms with Crippen molar-refractivity contribution in [1.82, 2.24) is 0 Å². The molecule has 0 aliphatic rings. The van der Waals surface area contributed by atoms with Crippen LogP contribution in [0.3, 0.4) is 0 Å². The number of nitriles is 1. The van der Waals surface area contributed by atoms with Crippen LogP contribution in [0.15, 0.2) is 54.6 Å². The number of rotatable bonds is 5. The van der Waals surface area contributed by atoms with E-state index in [0.29, 0.717) is 5.56 Å². The van der Waals surface area contributed by atoms with Crippen molar-refractivity contribution in [2.24, 2.45) is 0 Å². The molecular formula is C21H27NO2Si. The monoisotopic (exact) mass is 353 g/mol. The zero-order valence-electron chi connectivity index (χ0n) is 15.7. The van der Waals surface area contributed by atoms with Gasteiger partial charge in [-0.25, -0.2) is 0 Å². The first-order valence-electron chi connectivity index (χ1n) is 8.56. The maximum atomic E-state index is 10.2. The summed E-state index contributed by atoms with van der Waals surface area (Å²) in [5, 5.41) is 19.4. The van der Waals surface area contributed by atoms with Crippen LogP contribution in [0.5, 0.6) is 0 Å². The number of aliphatic hydroxyl groups excluding tert-OH is 1. The Balaban J connectivity index is 2.57. The zero-order valence-corrected chi connectivity index (χ0v) is 16.7. The van der Waals surface area contributed by atoms with Gasteiger partial charge in [-0.3, -0.25) is 0 Å². The van der Waals surface area contributed by atoms with Gasteiger partial charge in [0.25, 0.3) is 0 Å². The van der Waals surface area contributed by atoms with Gasteiger partial charge in [-0.05, 0) is 29.3 Å². The summed E-state index contributed by atoms with van der Waals surface area (Å²) in [6, 6.07) is 19.5. The van der Waals surface area contributed by atoms with E-state index < -0.39 is 14.4 Å². The number of nitrogens with zero attached hydrogens (tertiary/aromatic N) is 1. The minimum Gasteiger partial charge on any atom is -0.406 e. The van der Waals surface area contributed by atoms with Gasteiger partial charge in [0.15, 0.2) is 14.4 Å². The van der Waals surface area contributed by atoms with Crippen LogP contribution in [0.4, 0.5) is 0 Å². The Morgan fingerprint density at radius 1 is 0.960 bits per heavy atom. The second-order valence-corrected chi connectivity index (χ2v) is 12.6. The number of benzene rings is 2. The third-order valence-electron chi connectivity index (χ3n) is 5.02. The summed E-state index contributed by atoms with van der Waals surface area (Å²) in [5.74, 6) is 0. The van der Waals surface area contributed by atoms with E-state index in [1.165, 1.54) is 0 Å². The van der Waals surface area contributed by atoms with Crippen LogP contribution in [-0.2, 0) is 4.43 Å². The van der Waals surface area contributed by atoms with E-state index in [1.807, 2.05) is 54.6 Å². The summed E-state index contributed by atoms with van der Waals surface area (Å²) in [6.07, 6.45) is -1.47. The molecule has 0 spiro atoms. The van der Waals surface area contributed by atoms with Crippen LogP contribution < -0.4 is 0 Å². The standard InChI is InChI=1S/C21H27NO2Si/c1-21(2,3)25(4,5)24-20(16-11-7-6-8-12-16)18-14-10-9-13-17(18)19(23)15-22/h6-14,19-20,23H,1-5H3. The predicted molar refractivity (Wildman–Crippen MR) is 104 cm³/mol. The SMILES string of the molecule is CC(C)(C)[Si](C)(C)OC(c1ccccc1)c1ccccc1C(O)C#N. The highest BCUT2D eigenvalue weighted by Crippen LogP contribution is 2.42. The Hall–Kier alpha value is -1.93. The molecule has 2 aromatic carbocycles. The van der Waals surface area contributed by atoms with Crippen LogP contribution in [0.25, 0.3) is 0 Å². The summed E-state index contributed by atoms with van der Waals surface area (Å²) in [7, 11) is -2.07. The van der Waals surface area contributed by atoms with Crippen LogP contribution in [-0.4, -0.2) is 13.4 Å². The molecule has 2 aromatic rings. The fourth-order valence-electron chi connectivity index (χ4n) is 2.48. The molecule has 0 saturated heterocycles. The fraction of sp³-hybridized carbons (Fsp3) is 0.381. The van der Waals surface area contributed by atoms with Gasteiger partial charge in [0.2, 0.25) is 0 Å². The summed E-state index contributed by atoms with van der Waals surface area (Å²) in [6.45, 7) is 11.0. The molecule has 4 heteroatoms. The third kappa shape index (κ3) is 4.38. The van der Waals surface area contributed by atoms with Gasteiger partial charge in [0.05, 0.1) is 12.2 Å². The van der Waals surface area contributed by atoms with Crippen LogP contribution in [0.1, 0.15) is 49.7 Å². The first kappa shape index (κ1) is 19.4. The Kier molecular flexibility index (Phi) is 5.84. The predicted octanol–water partition coefficient (Wildman–Crippen LogP) is 5.35. The first-order valence-corrected chi connectivity index (χ1v) is 11.5. The lowest BCUT2D eigenvalue weighted by Crippen LogP contribution is -2.42. The van der Waals surface area contributed by atoms with Gasteiger partial charge in [0.1, 0.15) is 0 Å². The van der Waals surface area contributed by atoms with Gasteiger partial charge in [-0.1, -0.05) is 75.4 Å². The fourth-order valence-corrected chi connectivity index (χ4v) is 3.68. The minimum atomic E-state index is -2.07. The minimum absolute atomic E-state index is 0.0584. The first-order chi connectivity index (χ1) is 11.7. The van der Waals surface area contributed by atoms with Gasteiger partial charge in [-0.2, -0.15) is 5.26 Å². The van der Waals surface area contributed by atoms with Gasteiger partial charge in [-0.15, -0.1) is 0 Å². The average molecular weight is 354 g/mol. The highest BCUT2D eigenvalue weighted by molar-refractivity contribution is 6.74. The van der Waals surface area contributed by atoms with Crippen molar-refractivity contribution < 1.29 is 9.53 Å². The quantitative estimate of drug-likeness (QED) is 0.582. The lowest BCUT2D eigenvalue weighted by atomic mass is 9.94. The van der Waals surface area contributed by atoms with Crippen molar-refractivity contribution in [3.8, 4) is 6.07 Å². The molecule has 0 bridgehead atoms. The molecule has 132 valence electrons. The second kappa shape index (κ2) is 7.53. The molecule has 0 aliphatic heterocycles. The topological polar surface area (TPSA) is 53.2 Å². The number of aliphatic hydroxyl groups is 1. The van der Waals surface area contributed by atoms with E-state index in [1.54, 1.807) is 6.07 Å². The normalized spacial score (nSPS) is 14.6.